The lowest BCUT2D eigenvalue weighted by Crippen LogP contribution is -2.29. The van der Waals surface area contributed by atoms with Crippen molar-refractivity contribution in [2.45, 2.75) is 19.0 Å². The Morgan fingerprint density at radius 2 is 1.77 bits per heavy atom. The van der Waals surface area contributed by atoms with Gasteiger partial charge in [0.05, 0.1) is 5.52 Å². The second kappa shape index (κ2) is 5.86. The number of hydrogen-bond acceptors (Lipinski definition) is 6. The molecule has 0 spiro atoms. The minimum atomic E-state index is -4.33. The molecule has 26 heavy (non-hydrogen) atoms. The Labute approximate surface area is 149 Å². The van der Waals surface area contributed by atoms with Crippen LogP contribution in [0.1, 0.15) is 11.3 Å². The van der Waals surface area contributed by atoms with Crippen molar-refractivity contribution >= 4 is 31.1 Å². The van der Waals surface area contributed by atoms with Crippen LogP contribution in [0.15, 0.2) is 29.7 Å². The van der Waals surface area contributed by atoms with Gasteiger partial charge in [0.25, 0.3) is 5.16 Å². The lowest BCUT2D eigenvalue weighted by molar-refractivity contribution is 0.502. The summed E-state index contributed by atoms with van der Waals surface area (Å²) in [7, 11) is -5.79. The molecule has 2 aromatic heterocycles. The monoisotopic (exact) mass is 401 g/mol. The average molecular weight is 401 g/mol. The van der Waals surface area contributed by atoms with Crippen molar-refractivity contribution in [3.05, 3.63) is 41.6 Å². The van der Waals surface area contributed by atoms with Gasteiger partial charge in [0.1, 0.15) is 12.1 Å². The second-order valence-corrected chi connectivity index (χ2v) is 9.51. The average Bonchev–Trinajstić information content (AvgIpc) is 3.13. The van der Waals surface area contributed by atoms with Gasteiger partial charge in [0.2, 0.25) is 0 Å². The molecule has 0 aliphatic rings. The summed E-state index contributed by atoms with van der Waals surface area (Å²) in [5.41, 5.74) is 1.15. The molecule has 2 heterocycles. The van der Waals surface area contributed by atoms with Crippen molar-refractivity contribution in [3.63, 3.8) is 0 Å². The predicted molar refractivity (Wildman–Crippen MR) is 92.0 cm³/mol. The van der Waals surface area contributed by atoms with E-state index in [-0.39, 0.29) is 5.52 Å². The van der Waals surface area contributed by atoms with Crippen LogP contribution in [0.5, 0.6) is 0 Å². The third-order valence-electron chi connectivity index (χ3n) is 4.05. The molecule has 0 bridgehead atoms. The lowest BCUT2D eigenvalue weighted by Gasteiger charge is -2.10. The molecule has 0 unspecified atom stereocenters. The van der Waals surface area contributed by atoms with Crippen LogP contribution in [0.3, 0.4) is 0 Å². The summed E-state index contributed by atoms with van der Waals surface area (Å²) in [5.74, 6) is -0.597. The maximum absolute atomic E-state index is 13.7. The molecule has 0 atom stereocenters. The van der Waals surface area contributed by atoms with Crippen LogP contribution >= 0.6 is 0 Å². The van der Waals surface area contributed by atoms with Gasteiger partial charge in [0.15, 0.2) is 0 Å². The molecule has 3 aromatic rings. The van der Waals surface area contributed by atoms with E-state index in [4.69, 9.17) is 0 Å². The van der Waals surface area contributed by atoms with Gasteiger partial charge in [-0.2, -0.15) is 21.1 Å². The van der Waals surface area contributed by atoms with Crippen molar-refractivity contribution in [1.29, 1.82) is 0 Å². The Morgan fingerprint density at radius 3 is 2.38 bits per heavy atom. The van der Waals surface area contributed by atoms with Gasteiger partial charge in [0, 0.05) is 25.2 Å². The zero-order chi connectivity index (χ0) is 19.4. The third kappa shape index (κ3) is 2.61. The molecular weight excluding hydrogens is 385 g/mol. The molecular formula is C14H16FN5O4S2. The zero-order valence-electron chi connectivity index (χ0n) is 14.4. The lowest BCUT2D eigenvalue weighted by atomic mass is 10.1. The molecule has 3 rings (SSSR count). The Hall–Kier alpha value is -2.31. The van der Waals surface area contributed by atoms with Gasteiger partial charge >= 0.3 is 20.2 Å². The van der Waals surface area contributed by atoms with E-state index in [2.05, 4.69) is 10.1 Å². The summed E-state index contributed by atoms with van der Waals surface area (Å²) in [5, 5.41) is 3.47. The van der Waals surface area contributed by atoms with Crippen molar-refractivity contribution in [2.75, 3.05) is 14.1 Å². The fourth-order valence-corrected chi connectivity index (χ4v) is 4.72. The van der Waals surface area contributed by atoms with E-state index >= 15 is 0 Å². The van der Waals surface area contributed by atoms with Crippen LogP contribution < -0.4 is 0 Å². The summed E-state index contributed by atoms with van der Waals surface area (Å²) in [6.07, 6.45) is 0.802. The number of aryl methyl sites for hydroxylation is 1. The molecule has 0 N–H and O–H groups in total. The SMILES string of the molecule is Cc1c(C)n(S(=O)(=O)c2ncn(S(=O)(=O)N(C)C)n2)c2cc(F)ccc12. The van der Waals surface area contributed by atoms with Gasteiger partial charge < -0.3 is 0 Å². The first-order valence-corrected chi connectivity index (χ1v) is 10.2. The van der Waals surface area contributed by atoms with E-state index in [1.165, 1.54) is 26.2 Å². The number of aromatic nitrogens is 4. The number of benzene rings is 1. The van der Waals surface area contributed by atoms with Crippen molar-refractivity contribution in [2.24, 2.45) is 0 Å². The number of rotatable bonds is 4. The highest BCUT2D eigenvalue weighted by Crippen LogP contribution is 2.29. The zero-order valence-corrected chi connectivity index (χ0v) is 16.0. The summed E-state index contributed by atoms with van der Waals surface area (Å²) >= 11 is 0. The largest absolute Gasteiger partial charge is 0.323 e. The Balaban J connectivity index is 2.26. The Bertz CT molecular complexity index is 1230. The number of nitrogens with zero attached hydrogens (tertiary/aromatic N) is 5. The number of halogens is 1. The van der Waals surface area contributed by atoms with Crippen LogP contribution in [-0.2, 0) is 20.2 Å². The molecule has 0 amide bonds. The molecule has 12 heteroatoms. The summed E-state index contributed by atoms with van der Waals surface area (Å²) < 4.78 is 66.1. The maximum atomic E-state index is 13.7. The standard InChI is InChI=1S/C14H16FN5O4S2/c1-9-10(2)20(13-7-11(15)5-6-12(9)13)25(21,22)14-16-8-19(17-14)26(23,24)18(3)4/h5-8H,1-4H3. The van der Waals surface area contributed by atoms with E-state index in [9.17, 15) is 21.2 Å². The fraction of sp³-hybridized carbons (Fsp3) is 0.286. The van der Waals surface area contributed by atoms with Crippen molar-refractivity contribution in [1.82, 2.24) is 22.4 Å². The predicted octanol–water partition coefficient (Wildman–Crippen LogP) is 0.880. The van der Waals surface area contributed by atoms with Gasteiger partial charge in [-0.3, -0.25) is 0 Å². The minimum Gasteiger partial charge on any atom is -0.235 e. The molecule has 0 aliphatic carbocycles. The van der Waals surface area contributed by atoms with Crippen LogP contribution in [0.4, 0.5) is 4.39 Å². The van der Waals surface area contributed by atoms with E-state index in [0.29, 0.717) is 20.7 Å². The van der Waals surface area contributed by atoms with Crippen LogP contribution in [0.25, 0.3) is 10.9 Å². The highest BCUT2D eigenvalue weighted by molar-refractivity contribution is 7.90. The third-order valence-corrected chi connectivity index (χ3v) is 7.22. The van der Waals surface area contributed by atoms with Crippen LogP contribution in [-0.4, -0.2) is 53.4 Å². The first-order chi connectivity index (χ1) is 12.0. The molecule has 0 saturated heterocycles. The van der Waals surface area contributed by atoms with E-state index < -0.39 is 31.2 Å². The minimum absolute atomic E-state index is 0.131. The summed E-state index contributed by atoms with van der Waals surface area (Å²) in [6.45, 7) is 3.28. The van der Waals surface area contributed by atoms with Crippen LogP contribution in [0, 0.1) is 19.7 Å². The Morgan fingerprint density at radius 1 is 1.12 bits per heavy atom. The Kier molecular flexibility index (Phi) is 4.16. The molecule has 140 valence electrons. The molecule has 0 aliphatic heterocycles. The van der Waals surface area contributed by atoms with Gasteiger partial charge in [-0.1, -0.05) is 0 Å². The second-order valence-electron chi connectivity index (χ2n) is 5.83. The van der Waals surface area contributed by atoms with Gasteiger partial charge in [-0.25, -0.2) is 13.3 Å². The van der Waals surface area contributed by atoms with E-state index in [0.717, 1.165) is 20.7 Å². The molecule has 0 radical (unpaired) electrons. The molecule has 0 saturated carbocycles. The molecule has 0 fully saturated rings. The number of fused-ring (bicyclic) bond motifs is 1. The number of hydrogen-bond donors (Lipinski definition) is 0. The highest BCUT2D eigenvalue weighted by Gasteiger charge is 2.29. The summed E-state index contributed by atoms with van der Waals surface area (Å²) in [6, 6.07) is 3.82. The highest BCUT2D eigenvalue weighted by atomic mass is 32.2. The fourth-order valence-electron chi connectivity index (χ4n) is 2.54. The topological polar surface area (TPSA) is 107 Å². The molecule has 1 aromatic carbocycles. The van der Waals surface area contributed by atoms with E-state index in [1.54, 1.807) is 13.8 Å². The van der Waals surface area contributed by atoms with Crippen LogP contribution in [0.2, 0.25) is 0 Å². The first kappa shape index (κ1) is 18.5. The first-order valence-electron chi connectivity index (χ1n) is 7.35. The van der Waals surface area contributed by atoms with Gasteiger partial charge in [-0.15, -0.1) is 9.19 Å². The van der Waals surface area contributed by atoms with Gasteiger partial charge in [-0.05, 0) is 37.6 Å². The quantitative estimate of drug-likeness (QED) is 0.642. The van der Waals surface area contributed by atoms with Crippen molar-refractivity contribution < 1.29 is 21.2 Å². The smallest absolute Gasteiger partial charge is 0.235 e. The summed E-state index contributed by atoms with van der Waals surface area (Å²) in [4.78, 5) is 3.64. The van der Waals surface area contributed by atoms with Crippen molar-refractivity contribution in [3.8, 4) is 0 Å². The molecule has 9 nitrogen and oxygen atoms in total. The van der Waals surface area contributed by atoms with E-state index in [1.807, 2.05) is 0 Å². The normalized spacial score (nSPS) is 13.0. The maximum Gasteiger partial charge on any atom is 0.323 e.